The number of rotatable bonds is 7. The highest BCUT2D eigenvalue weighted by Crippen LogP contribution is 2.20. The monoisotopic (exact) mass is 420 g/mol. The summed E-state index contributed by atoms with van der Waals surface area (Å²) < 4.78 is 7.76. The molecule has 0 fully saturated rings. The summed E-state index contributed by atoms with van der Waals surface area (Å²) >= 11 is 0. The van der Waals surface area contributed by atoms with Crippen molar-refractivity contribution in [2.24, 2.45) is 0 Å². The van der Waals surface area contributed by atoms with Crippen LogP contribution in [0.15, 0.2) is 114 Å². The fourth-order valence-electron chi connectivity index (χ4n) is 4.02. The first-order valence-corrected chi connectivity index (χ1v) is 10.7. The number of hydrogen-bond acceptors (Lipinski definition) is 2. The lowest BCUT2D eigenvalue weighted by Crippen LogP contribution is -2.31. The highest BCUT2D eigenvalue weighted by Gasteiger charge is 2.19. The van der Waals surface area contributed by atoms with Gasteiger partial charge in [0.15, 0.2) is 0 Å². The second kappa shape index (κ2) is 8.98. The topological polar surface area (TPSA) is 38.4 Å². The first-order valence-electron chi connectivity index (χ1n) is 10.7. The Bertz CT molecular complexity index is 1320. The van der Waals surface area contributed by atoms with Gasteiger partial charge in [0.05, 0.1) is 19.4 Å². The molecule has 0 atom stereocenters. The van der Waals surface area contributed by atoms with Gasteiger partial charge in [-0.3, -0.25) is 4.79 Å². The van der Waals surface area contributed by atoms with Gasteiger partial charge >= 0.3 is 0 Å². The molecule has 2 aromatic heterocycles. The lowest BCUT2D eigenvalue weighted by atomic mass is 10.1. The molecule has 5 aromatic rings. The predicted molar refractivity (Wildman–Crippen MR) is 126 cm³/mol. The van der Waals surface area contributed by atoms with Crippen molar-refractivity contribution in [3.63, 3.8) is 0 Å². The van der Waals surface area contributed by atoms with Gasteiger partial charge in [0.1, 0.15) is 5.76 Å². The molecule has 0 aliphatic carbocycles. The van der Waals surface area contributed by atoms with Crippen molar-refractivity contribution in [3.05, 3.63) is 132 Å². The van der Waals surface area contributed by atoms with E-state index in [1.807, 2.05) is 77.7 Å². The van der Waals surface area contributed by atoms with Gasteiger partial charge in [0.25, 0.3) is 5.91 Å². The summed E-state index contributed by atoms with van der Waals surface area (Å²) in [6.45, 7) is 1.67. The molecule has 0 bridgehead atoms. The maximum atomic E-state index is 13.6. The SMILES string of the molecule is O=C(c1ccc2ccccc2c1)N(Cc1ccco1)Cc1cccn1Cc1ccccc1. The van der Waals surface area contributed by atoms with E-state index < -0.39 is 0 Å². The van der Waals surface area contributed by atoms with Crippen LogP contribution in [0.4, 0.5) is 0 Å². The number of nitrogens with zero attached hydrogens (tertiary/aromatic N) is 2. The molecule has 0 saturated heterocycles. The van der Waals surface area contributed by atoms with Gasteiger partial charge in [0.2, 0.25) is 0 Å². The molecule has 3 aromatic carbocycles. The zero-order chi connectivity index (χ0) is 21.8. The van der Waals surface area contributed by atoms with E-state index in [9.17, 15) is 4.79 Å². The first-order chi connectivity index (χ1) is 15.8. The number of fused-ring (bicyclic) bond motifs is 1. The molecule has 0 radical (unpaired) electrons. The van der Waals surface area contributed by atoms with Crippen LogP contribution in [0.1, 0.15) is 27.4 Å². The Morgan fingerprint density at radius 2 is 1.59 bits per heavy atom. The van der Waals surface area contributed by atoms with Crippen LogP contribution in [-0.2, 0) is 19.6 Å². The van der Waals surface area contributed by atoms with Gasteiger partial charge in [-0.15, -0.1) is 0 Å². The normalized spacial score (nSPS) is 11.0. The molecule has 0 aliphatic heterocycles. The molecule has 1 amide bonds. The molecule has 4 nitrogen and oxygen atoms in total. The van der Waals surface area contributed by atoms with Crippen molar-refractivity contribution < 1.29 is 9.21 Å². The van der Waals surface area contributed by atoms with Crippen LogP contribution in [0, 0.1) is 0 Å². The van der Waals surface area contributed by atoms with Crippen LogP contribution in [0.5, 0.6) is 0 Å². The van der Waals surface area contributed by atoms with Gasteiger partial charge in [0, 0.05) is 24.0 Å². The zero-order valence-electron chi connectivity index (χ0n) is 17.7. The number of furan rings is 1. The Kier molecular flexibility index (Phi) is 5.58. The van der Waals surface area contributed by atoms with Crippen LogP contribution in [0.25, 0.3) is 10.8 Å². The third-order valence-electron chi connectivity index (χ3n) is 5.68. The molecular formula is C28H24N2O2. The van der Waals surface area contributed by atoms with Crippen molar-refractivity contribution >= 4 is 16.7 Å². The summed E-state index contributed by atoms with van der Waals surface area (Å²) in [4.78, 5) is 15.4. The number of carbonyl (C=O) groups excluding carboxylic acids is 1. The van der Waals surface area contributed by atoms with Crippen molar-refractivity contribution in [3.8, 4) is 0 Å². The second-order valence-corrected chi connectivity index (χ2v) is 7.92. The van der Waals surface area contributed by atoms with E-state index in [0.29, 0.717) is 18.7 Å². The molecule has 2 heterocycles. The second-order valence-electron chi connectivity index (χ2n) is 7.92. The van der Waals surface area contributed by atoms with Crippen molar-refractivity contribution in [2.75, 3.05) is 0 Å². The Labute approximate surface area is 187 Å². The molecule has 0 saturated carbocycles. The lowest BCUT2D eigenvalue weighted by Gasteiger charge is -2.23. The summed E-state index contributed by atoms with van der Waals surface area (Å²) in [5, 5.41) is 2.18. The number of hydrogen-bond donors (Lipinski definition) is 0. The third-order valence-corrected chi connectivity index (χ3v) is 5.68. The first kappa shape index (κ1) is 19.9. The van der Waals surface area contributed by atoms with Crippen LogP contribution < -0.4 is 0 Å². The number of amides is 1. The van der Waals surface area contributed by atoms with E-state index in [4.69, 9.17) is 4.42 Å². The lowest BCUT2D eigenvalue weighted by molar-refractivity contribution is 0.0714. The van der Waals surface area contributed by atoms with Gasteiger partial charge in [-0.1, -0.05) is 60.7 Å². The Morgan fingerprint density at radius 1 is 0.781 bits per heavy atom. The van der Waals surface area contributed by atoms with Crippen LogP contribution >= 0.6 is 0 Å². The Hall–Kier alpha value is -4.05. The molecule has 0 spiro atoms. The quantitative estimate of drug-likeness (QED) is 0.318. The molecule has 32 heavy (non-hydrogen) atoms. The minimum Gasteiger partial charge on any atom is -0.467 e. The van der Waals surface area contributed by atoms with Crippen molar-refractivity contribution in [1.82, 2.24) is 9.47 Å². The fraction of sp³-hybridized carbons (Fsp3) is 0.107. The number of carbonyl (C=O) groups is 1. The maximum absolute atomic E-state index is 13.6. The zero-order valence-corrected chi connectivity index (χ0v) is 17.7. The van der Waals surface area contributed by atoms with Crippen LogP contribution in [0.2, 0.25) is 0 Å². The summed E-state index contributed by atoms with van der Waals surface area (Å²) in [6.07, 6.45) is 3.71. The molecular weight excluding hydrogens is 396 g/mol. The van der Waals surface area contributed by atoms with Crippen LogP contribution in [-0.4, -0.2) is 15.4 Å². The standard InChI is InChI=1S/C28H24N2O2/c31-28(25-15-14-23-10-4-5-11-24(23)18-25)30(21-27-13-7-17-32-27)20-26-12-6-16-29(26)19-22-8-2-1-3-9-22/h1-18H,19-21H2. The average molecular weight is 421 g/mol. The summed E-state index contributed by atoms with van der Waals surface area (Å²) in [5.41, 5.74) is 2.98. The third kappa shape index (κ3) is 4.35. The molecule has 0 aliphatic rings. The number of aromatic nitrogens is 1. The molecule has 0 N–H and O–H groups in total. The maximum Gasteiger partial charge on any atom is 0.254 e. The summed E-state index contributed by atoms with van der Waals surface area (Å²) in [7, 11) is 0. The van der Waals surface area contributed by atoms with Crippen molar-refractivity contribution in [2.45, 2.75) is 19.6 Å². The molecule has 5 rings (SSSR count). The highest BCUT2D eigenvalue weighted by atomic mass is 16.3. The predicted octanol–water partition coefficient (Wildman–Crippen LogP) is 6.13. The van der Waals surface area contributed by atoms with E-state index in [0.717, 1.165) is 28.8 Å². The Morgan fingerprint density at radius 3 is 2.41 bits per heavy atom. The number of benzene rings is 3. The van der Waals surface area contributed by atoms with Gasteiger partial charge in [-0.05, 0) is 52.7 Å². The molecule has 158 valence electrons. The van der Waals surface area contributed by atoms with E-state index in [2.05, 4.69) is 35.0 Å². The molecule has 0 unspecified atom stereocenters. The summed E-state index contributed by atoms with van der Waals surface area (Å²) in [6, 6.07) is 32.2. The van der Waals surface area contributed by atoms with Gasteiger partial charge < -0.3 is 13.9 Å². The van der Waals surface area contributed by atoms with Gasteiger partial charge in [-0.25, -0.2) is 0 Å². The van der Waals surface area contributed by atoms with E-state index in [-0.39, 0.29) is 5.91 Å². The summed E-state index contributed by atoms with van der Waals surface area (Å²) in [5.74, 6) is 0.750. The molecule has 4 heteroatoms. The van der Waals surface area contributed by atoms with Crippen LogP contribution in [0.3, 0.4) is 0 Å². The minimum absolute atomic E-state index is 0.0142. The fourth-order valence-corrected chi connectivity index (χ4v) is 4.02. The van der Waals surface area contributed by atoms with Gasteiger partial charge in [-0.2, -0.15) is 0 Å². The highest BCUT2D eigenvalue weighted by molar-refractivity contribution is 5.98. The van der Waals surface area contributed by atoms with E-state index >= 15 is 0 Å². The smallest absolute Gasteiger partial charge is 0.254 e. The van der Waals surface area contributed by atoms with Crippen molar-refractivity contribution in [1.29, 1.82) is 0 Å². The Balaban J connectivity index is 1.44. The van der Waals surface area contributed by atoms with E-state index in [1.54, 1.807) is 6.26 Å². The average Bonchev–Trinajstić information content (AvgIpc) is 3.51. The van der Waals surface area contributed by atoms with E-state index in [1.165, 1.54) is 5.56 Å². The minimum atomic E-state index is -0.0142. The largest absolute Gasteiger partial charge is 0.467 e.